The smallest absolute Gasteiger partial charge is 0.230 e. The molecule has 1 aliphatic carbocycles. The Bertz CT molecular complexity index is 436. The standard InChI is InChI=1S/C18H28N2O/c1-3-20(4-2)15-9-14-19-17(21)18(12-8-13-18)16-10-6-5-7-11-16/h5-7,10-11H,3-4,8-9,12-15H2,1-2H3,(H,19,21). The van der Waals surface area contributed by atoms with Gasteiger partial charge >= 0.3 is 0 Å². The summed E-state index contributed by atoms with van der Waals surface area (Å²) in [6.07, 6.45) is 4.15. The van der Waals surface area contributed by atoms with Crippen molar-refractivity contribution >= 4 is 5.91 Å². The van der Waals surface area contributed by atoms with Crippen molar-refractivity contribution in [3.8, 4) is 0 Å². The third-order valence-electron chi connectivity index (χ3n) is 4.80. The number of nitrogens with zero attached hydrogens (tertiary/aromatic N) is 1. The molecule has 1 saturated carbocycles. The Labute approximate surface area is 128 Å². The Morgan fingerprint density at radius 1 is 1.19 bits per heavy atom. The minimum absolute atomic E-state index is 0.222. The second-order valence-electron chi connectivity index (χ2n) is 5.94. The molecule has 1 fully saturated rings. The van der Waals surface area contributed by atoms with Crippen LogP contribution in [0.1, 0.15) is 45.1 Å². The van der Waals surface area contributed by atoms with Crippen molar-refractivity contribution in [3.63, 3.8) is 0 Å². The third kappa shape index (κ3) is 3.65. The summed E-state index contributed by atoms with van der Waals surface area (Å²) in [4.78, 5) is 15.0. The zero-order chi connectivity index (χ0) is 15.1. The molecule has 3 nitrogen and oxygen atoms in total. The van der Waals surface area contributed by atoms with Crippen LogP contribution < -0.4 is 5.32 Å². The summed E-state index contributed by atoms with van der Waals surface area (Å²) in [6, 6.07) is 10.3. The zero-order valence-corrected chi connectivity index (χ0v) is 13.4. The zero-order valence-electron chi connectivity index (χ0n) is 13.4. The lowest BCUT2D eigenvalue weighted by atomic mass is 9.64. The van der Waals surface area contributed by atoms with Gasteiger partial charge in [-0.2, -0.15) is 0 Å². The molecular formula is C18H28N2O. The lowest BCUT2D eigenvalue weighted by Crippen LogP contribution is -2.49. The Hall–Kier alpha value is -1.35. The van der Waals surface area contributed by atoms with Crippen LogP contribution in [0.4, 0.5) is 0 Å². The largest absolute Gasteiger partial charge is 0.355 e. The summed E-state index contributed by atoms with van der Waals surface area (Å²) in [6.45, 7) is 8.37. The van der Waals surface area contributed by atoms with E-state index < -0.39 is 0 Å². The first-order chi connectivity index (χ1) is 10.2. The first-order valence-electron chi connectivity index (χ1n) is 8.29. The van der Waals surface area contributed by atoms with E-state index in [2.05, 4.69) is 36.2 Å². The molecule has 0 saturated heterocycles. The van der Waals surface area contributed by atoms with Gasteiger partial charge in [0.25, 0.3) is 0 Å². The fourth-order valence-corrected chi connectivity index (χ4v) is 3.15. The topological polar surface area (TPSA) is 32.3 Å². The van der Waals surface area contributed by atoms with E-state index in [4.69, 9.17) is 0 Å². The van der Waals surface area contributed by atoms with Crippen LogP contribution >= 0.6 is 0 Å². The summed E-state index contributed by atoms with van der Waals surface area (Å²) in [5.41, 5.74) is 0.925. The maximum Gasteiger partial charge on any atom is 0.230 e. The van der Waals surface area contributed by atoms with Crippen LogP contribution in [-0.2, 0) is 10.2 Å². The minimum Gasteiger partial charge on any atom is -0.355 e. The molecule has 1 aromatic carbocycles. The highest BCUT2D eigenvalue weighted by atomic mass is 16.2. The highest BCUT2D eigenvalue weighted by Crippen LogP contribution is 2.43. The van der Waals surface area contributed by atoms with Crippen LogP contribution in [0, 0.1) is 0 Å². The number of carbonyl (C=O) groups excluding carboxylic acids is 1. The van der Waals surface area contributed by atoms with Crippen molar-refractivity contribution in [2.45, 2.75) is 44.9 Å². The van der Waals surface area contributed by atoms with Crippen LogP contribution in [0.3, 0.4) is 0 Å². The van der Waals surface area contributed by atoms with Gasteiger partial charge in [-0.1, -0.05) is 50.6 Å². The summed E-state index contributed by atoms with van der Waals surface area (Å²) in [7, 11) is 0. The van der Waals surface area contributed by atoms with Crippen LogP contribution in [0.25, 0.3) is 0 Å². The molecular weight excluding hydrogens is 260 g/mol. The van der Waals surface area contributed by atoms with Crippen molar-refractivity contribution in [2.75, 3.05) is 26.2 Å². The Morgan fingerprint density at radius 3 is 2.38 bits per heavy atom. The Morgan fingerprint density at radius 2 is 1.86 bits per heavy atom. The summed E-state index contributed by atoms with van der Waals surface area (Å²) < 4.78 is 0. The van der Waals surface area contributed by atoms with E-state index in [1.807, 2.05) is 18.2 Å². The normalized spacial score (nSPS) is 16.5. The van der Waals surface area contributed by atoms with Crippen molar-refractivity contribution in [2.24, 2.45) is 0 Å². The van der Waals surface area contributed by atoms with Gasteiger partial charge in [0.15, 0.2) is 0 Å². The average molecular weight is 288 g/mol. The molecule has 0 bridgehead atoms. The molecule has 0 unspecified atom stereocenters. The highest BCUT2D eigenvalue weighted by Gasteiger charge is 2.45. The highest BCUT2D eigenvalue weighted by molar-refractivity contribution is 5.89. The van der Waals surface area contributed by atoms with Gasteiger partial charge < -0.3 is 10.2 Å². The van der Waals surface area contributed by atoms with Gasteiger partial charge in [0.05, 0.1) is 5.41 Å². The molecule has 2 rings (SSSR count). The number of benzene rings is 1. The van der Waals surface area contributed by atoms with Crippen LogP contribution in [0.5, 0.6) is 0 Å². The molecule has 0 aromatic heterocycles. The number of carbonyl (C=O) groups is 1. The number of hydrogen-bond donors (Lipinski definition) is 1. The molecule has 116 valence electrons. The molecule has 1 N–H and O–H groups in total. The molecule has 0 spiro atoms. The van der Waals surface area contributed by atoms with Crippen molar-refractivity contribution in [1.82, 2.24) is 10.2 Å². The molecule has 1 aromatic rings. The van der Waals surface area contributed by atoms with E-state index in [-0.39, 0.29) is 11.3 Å². The predicted octanol–water partition coefficient (Wildman–Crippen LogP) is 2.96. The number of nitrogens with one attached hydrogen (secondary N) is 1. The fourth-order valence-electron chi connectivity index (χ4n) is 3.15. The average Bonchev–Trinajstić information content (AvgIpc) is 2.47. The first kappa shape index (κ1) is 16.0. The summed E-state index contributed by atoms with van der Waals surface area (Å²) in [5, 5.41) is 3.16. The first-order valence-corrected chi connectivity index (χ1v) is 8.29. The minimum atomic E-state index is -0.254. The van der Waals surface area contributed by atoms with Gasteiger partial charge in [0.1, 0.15) is 0 Å². The van der Waals surface area contributed by atoms with Crippen LogP contribution in [0.15, 0.2) is 30.3 Å². The van der Waals surface area contributed by atoms with Crippen molar-refractivity contribution in [3.05, 3.63) is 35.9 Å². The Balaban J connectivity index is 1.85. The third-order valence-corrected chi connectivity index (χ3v) is 4.80. The maximum atomic E-state index is 12.6. The number of hydrogen-bond acceptors (Lipinski definition) is 2. The molecule has 1 amide bonds. The van der Waals surface area contributed by atoms with Gasteiger partial charge in [0.2, 0.25) is 5.91 Å². The van der Waals surface area contributed by atoms with E-state index in [0.717, 1.165) is 51.9 Å². The SMILES string of the molecule is CCN(CC)CCCNC(=O)C1(c2ccccc2)CCC1. The second kappa shape index (κ2) is 7.60. The lowest BCUT2D eigenvalue weighted by molar-refractivity contribution is -0.129. The maximum absolute atomic E-state index is 12.6. The molecule has 3 heteroatoms. The van der Waals surface area contributed by atoms with Crippen molar-refractivity contribution < 1.29 is 4.79 Å². The van der Waals surface area contributed by atoms with Crippen LogP contribution in [0.2, 0.25) is 0 Å². The van der Waals surface area contributed by atoms with Gasteiger partial charge in [-0.15, -0.1) is 0 Å². The summed E-state index contributed by atoms with van der Waals surface area (Å²) in [5.74, 6) is 0.222. The van der Waals surface area contributed by atoms with E-state index in [1.165, 1.54) is 5.56 Å². The van der Waals surface area contributed by atoms with Gasteiger partial charge in [0, 0.05) is 6.54 Å². The molecule has 1 aliphatic rings. The van der Waals surface area contributed by atoms with Gasteiger partial charge in [-0.3, -0.25) is 4.79 Å². The summed E-state index contributed by atoms with van der Waals surface area (Å²) >= 11 is 0. The van der Waals surface area contributed by atoms with E-state index in [1.54, 1.807) is 0 Å². The molecule has 0 aliphatic heterocycles. The van der Waals surface area contributed by atoms with Gasteiger partial charge in [-0.25, -0.2) is 0 Å². The molecule has 0 heterocycles. The number of amides is 1. The van der Waals surface area contributed by atoms with Crippen LogP contribution in [-0.4, -0.2) is 37.0 Å². The monoisotopic (exact) mass is 288 g/mol. The van der Waals surface area contributed by atoms with E-state index >= 15 is 0 Å². The number of rotatable bonds is 8. The van der Waals surface area contributed by atoms with E-state index in [9.17, 15) is 4.79 Å². The molecule has 21 heavy (non-hydrogen) atoms. The van der Waals surface area contributed by atoms with Gasteiger partial charge in [-0.05, 0) is 44.5 Å². The lowest BCUT2D eigenvalue weighted by Gasteiger charge is -2.40. The van der Waals surface area contributed by atoms with Crippen molar-refractivity contribution in [1.29, 1.82) is 0 Å². The fraction of sp³-hybridized carbons (Fsp3) is 0.611. The molecule has 0 radical (unpaired) electrons. The predicted molar refractivity (Wildman–Crippen MR) is 87.4 cm³/mol. The quantitative estimate of drug-likeness (QED) is 0.746. The second-order valence-corrected chi connectivity index (χ2v) is 5.94. The Kier molecular flexibility index (Phi) is 5.80. The van der Waals surface area contributed by atoms with E-state index in [0.29, 0.717) is 0 Å². The molecule has 0 atom stereocenters.